The van der Waals surface area contributed by atoms with Crippen LogP contribution in [0.15, 0.2) is 45.8 Å². The van der Waals surface area contributed by atoms with Crippen LogP contribution in [0.4, 0.5) is 5.69 Å². The van der Waals surface area contributed by atoms with E-state index in [1.54, 1.807) is 6.07 Å². The molecule has 0 aliphatic carbocycles. The van der Waals surface area contributed by atoms with Gasteiger partial charge in [-0.15, -0.1) is 24.0 Å². The summed E-state index contributed by atoms with van der Waals surface area (Å²) in [6.45, 7) is 12.2. The SMILES string of the molecule is CCNC(=NCC(c1ccc(C)o1)N1CCOCC1)N1CCN(c2ccccc2O)CC1.I. The summed E-state index contributed by atoms with van der Waals surface area (Å²) >= 11 is 0. The second-order valence-electron chi connectivity index (χ2n) is 8.27. The Morgan fingerprint density at radius 1 is 1.06 bits per heavy atom. The summed E-state index contributed by atoms with van der Waals surface area (Å²) in [5.41, 5.74) is 0.898. The fourth-order valence-corrected chi connectivity index (χ4v) is 4.40. The minimum absolute atomic E-state index is 0. The van der Waals surface area contributed by atoms with E-state index in [4.69, 9.17) is 14.1 Å². The maximum absolute atomic E-state index is 10.2. The standard InChI is InChI=1S/C24H35N5O3.HI/c1-3-25-24(29-12-10-27(11-13-29)20-6-4-5-7-22(20)30)26-18-21(23-9-8-19(2)32-23)28-14-16-31-17-15-28;/h4-9,21,30H,3,10-18H2,1-2H3,(H,25,26);1H. The Labute approximate surface area is 213 Å². The molecule has 0 amide bonds. The number of phenolic OH excluding ortho intramolecular Hbond substituents is 1. The molecule has 2 saturated heterocycles. The Morgan fingerprint density at radius 2 is 1.79 bits per heavy atom. The summed E-state index contributed by atoms with van der Waals surface area (Å²) in [7, 11) is 0. The Kier molecular flexibility index (Phi) is 9.69. The molecule has 33 heavy (non-hydrogen) atoms. The van der Waals surface area contributed by atoms with Gasteiger partial charge < -0.3 is 29.4 Å². The number of hydrogen-bond acceptors (Lipinski definition) is 6. The molecule has 2 aliphatic rings. The first-order valence-corrected chi connectivity index (χ1v) is 11.6. The van der Waals surface area contributed by atoms with Crippen molar-refractivity contribution in [2.24, 2.45) is 4.99 Å². The van der Waals surface area contributed by atoms with Gasteiger partial charge in [-0.1, -0.05) is 12.1 Å². The quantitative estimate of drug-likeness (QED) is 0.315. The second kappa shape index (κ2) is 12.5. The highest BCUT2D eigenvalue weighted by Crippen LogP contribution is 2.27. The highest BCUT2D eigenvalue weighted by molar-refractivity contribution is 14.0. The molecule has 182 valence electrons. The molecule has 0 saturated carbocycles. The minimum Gasteiger partial charge on any atom is -0.506 e. The number of anilines is 1. The van der Waals surface area contributed by atoms with Gasteiger partial charge >= 0.3 is 0 Å². The fourth-order valence-electron chi connectivity index (χ4n) is 4.40. The average Bonchev–Trinajstić information content (AvgIpc) is 3.25. The molecule has 1 aromatic carbocycles. The third-order valence-electron chi connectivity index (χ3n) is 6.13. The van der Waals surface area contributed by atoms with E-state index in [0.717, 1.165) is 82.2 Å². The molecule has 0 radical (unpaired) electrons. The number of halogens is 1. The van der Waals surface area contributed by atoms with Crippen molar-refractivity contribution in [3.8, 4) is 5.75 Å². The first-order valence-electron chi connectivity index (χ1n) is 11.6. The summed E-state index contributed by atoms with van der Waals surface area (Å²) in [6, 6.07) is 11.7. The molecule has 0 bridgehead atoms. The monoisotopic (exact) mass is 569 g/mol. The number of hydrogen-bond donors (Lipinski definition) is 2. The molecule has 2 N–H and O–H groups in total. The summed E-state index contributed by atoms with van der Waals surface area (Å²) in [5, 5.41) is 13.7. The number of aliphatic imine (C=N–C) groups is 1. The van der Waals surface area contributed by atoms with Crippen LogP contribution >= 0.6 is 24.0 Å². The molecule has 1 aromatic heterocycles. The molecule has 8 nitrogen and oxygen atoms in total. The molecule has 3 heterocycles. The van der Waals surface area contributed by atoms with Crippen LogP contribution in [0.1, 0.15) is 24.5 Å². The highest BCUT2D eigenvalue weighted by Gasteiger charge is 2.26. The van der Waals surface area contributed by atoms with Crippen LogP contribution in [0.2, 0.25) is 0 Å². The van der Waals surface area contributed by atoms with Crippen molar-refractivity contribution in [3.63, 3.8) is 0 Å². The highest BCUT2D eigenvalue weighted by atomic mass is 127. The summed E-state index contributed by atoms with van der Waals surface area (Å²) in [5.74, 6) is 3.16. The zero-order valence-electron chi connectivity index (χ0n) is 19.6. The van der Waals surface area contributed by atoms with Crippen LogP contribution in [0.3, 0.4) is 0 Å². The number of benzene rings is 1. The number of rotatable bonds is 6. The van der Waals surface area contributed by atoms with Crippen molar-refractivity contribution in [2.45, 2.75) is 19.9 Å². The Morgan fingerprint density at radius 3 is 2.42 bits per heavy atom. The van der Waals surface area contributed by atoms with E-state index in [2.05, 4.69) is 33.0 Å². The van der Waals surface area contributed by atoms with Gasteiger partial charge in [-0.25, -0.2) is 0 Å². The number of morpholine rings is 1. The van der Waals surface area contributed by atoms with Crippen LogP contribution in [-0.4, -0.2) is 86.4 Å². The van der Waals surface area contributed by atoms with Gasteiger partial charge in [0.25, 0.3) is 0 Å². The Balaban J connectivity index is 0.00000306. The lowest BCUT2D eigenvalue weighted by molar-refractivity contribution is 0.0135. The maximum Gasteiger partial charge on any atom is 0.194 e. The van der Waals surface area contributed by atoms with Gasteiger partial charge in [0.2, 0.25) is 0 Å². The first kappa shape index (κ1) is 25.6. The molecule has 4 rings (SSSR count). The van der Waals surface area contributed by atoms with Gasteiger partial charge in [0, 0.05) is 45.8 Å². The molecular formula is C24H36IN5O3. The van der Waals surface area contributed by atoms with E-state index >= 15 is 0 Å². The predicted octanol–water partition coefficient (Wildman–Crippen LogP) is 3.07. The molecule has 2 fully saturated rings. The molecular weight excluding hydrogens is 533 g/mol. The lowest BCUT2D eigenvalue weighted by Crippen LogP contribution is -2.52. The second-order valence-corrected chi connectivity index (χ2v) is 8.27. The smallest absolute Gasteiger partial charge is 0.194 e. The van der Waals surface area contributed by atoms with Crippen LogP contribution in [-0.2, 0) is 4.74 Å². The van der Waals surface area contributed by atoms with E-state index in [-0.39, 0.29) is 30.0 Å². The third-order valence-corrected chi connectivity index (χ3v) is 6.13. The number of aromatic hydroxyl groups is 1. The number of phenols is 1. The Hall–Kier alpha value is -1.98. The molecule has 0 spiro atoms. The number of para-hydroxylation sites is 2. The van der Waals surface area contributed by atoms with Crippen molar-refractivity contribution in [1.82, 2.24) is 15.1 Å². The van der Waals surface area contributed by atoms with Gasteiger partial charge in [-0.05, 0) is 38.1 Å². The third kappa shape index (κ3) is 6.54. The number of guanidine groups is 1. The average molecular weight is 569 g/mol. The van der Waals surface area contributed by atoms with Gasteiger partial charge in [-0.3, -0.25) is 9.89 Å². The molecule has 2 aromatic rings. The molecule has 1 atom stereocenters. The predicted molar refractivity (Wildman–Crippen MR) is 142 cm³/mol. The van der Waals surface area contributed by atoms with E-state index in [0.29, 0.717) is 12.3 Å². The number of piperazine rings is 1. The number of ether oxygens (including phenoxy) is 1. The largest absolute Gasteiger partial charge is 0.506 e. The molecule has 1 unspecified atom stereocenters. The molecule has 2 aliphatic heterocycles. The summed E-state index contributed by atoms with van der Waals surface area (Å²) in [6.07, 6.45) is 0. The lowest BCUT2D eigenvalue weighted by atomic mass is 10.1. The topological polar surface area (TPSA) is 76.7 Å². The van der Waals surface area contributed by atoms with Crippen LogP contribution in [0.5, 0.6) is 5.75 Å². The van der Waals surface area contributed by atoms with Crippen molar-refractivity contribution in [1.29, 1.82) is 0 Å². The Bertz CT molecular complexity index is 892. The normalized spacial score (nSPS) is 18.7. The number of nitrogens with one attached hydrogen (secondary N) is 1. The van der Waals surface area contributed by atoms with Gasteiger partial charge in [0.05, 0.1) is 31.5 Å². The number of nitrogens with zero attached hydrogens (tertiary/aromatic N) is 4. The van der Waals surface area contributed by atoms with Gasteiger partial charge in [-0.2, -0.15) is 0 Å². The van der Waals surface area contributed by atoms with Gasteiger partial charge in [0.1, 0.15) is 17.3 Å². The van der Waals surface area contributed by atoms with E-state index < -0.39 is 0 Å². The fraction of sp³-hybridized carbons (Fsp3) is 0.542. The molecule has 9 heteroatoms. The summed E-state index contributed by atoms with van der Waals surface area (Å²) < 4.78 is 11.5. The summed E-state index contributed by atoms with van der Waals surface area (Å²) in [4.78, 5) is 12.0. The lowest BCUT2D eigenvalue weighted by Gasteiger charge is -2.38. The van der Waals surface area contributed by atoms with E-state index in [1.807, 2.05) is 31.2 Å². The van der Waals surface area contributed by atoms with Crippen molar-refractivity contribution >= 4 is 35.6 Å². The van der Waals surface area contributed by atoms with Crippen LogP contribution in [0.25, 0.3) is 0 Å². The van der Waals surface area contributed by atoms with E-state index in [1.165, 1.54) is 0 Å². The van der Waals surface area contributed by atoms with Crippen molar-refractivity contribution in [2.75, 3.05) is 70.5 Å². The van der Waals surface area contributed by atoms with Crippen molar-refractivity contribution in [3.05, 3.63) is 47.9 Å². The first-order chi connectivity index (χ1) is 15.7. The van der Waals surface area contributed by atoms with Crippen LogP contribution in [0, 0.1) is 6.92 Å². The maximum atomic E-state index is 10.2. The van der Waals surface area contributed by atoms with Gasteiger partial charge in [0.15, 0.2) is 5.96 Å². The zero-order valence-corrected chi connectivity index (χ0v) is 21.9. The number of aryl methyl sites for hydroxylation is 1. The van der Waals surface area contributed by atoms with Crippen LogP contribution < -0.4 is 10.2 Å². The minimum atomic E-state index is 0. The van der Waals surface area contributed by atoms with Crippen molar-refractivity contribution < 1.29 is 14.3 Å². The van der Waals surface area contributed by atoms with E-state index in [9.17, 15) is 5.11 Å². The number of furan rings is 1. The zero-order chi connectivity index (χ0) is 22.3.